The van der Waals surface area contributed by atoms with Crippen molar-refractivity contribution in [1.82, 2.24) is 19.7 Å². The molecule has 0 saturated heterocycles. The fraction of sp³-hybridized carbons (Fsp3) is 0.174. The summed E-state index contributed by atoms with van der Waals surface area (Å²) in [5.74, 6) is -0.645. The second-order valence-electron chi connectivity index (χ2n) is 7.19. The fourth-order valence-electron chi connectivity index (χ4n) is 3.57. The Bertz CT molecular complexity index is 1270. The van der Waals surface area contributed by atoms with Crippen molar-refractivity contribution in [2.24, 2.45) is 0 Å². The topological polar surface area (TPSA) is 68.9 Å². The lowest BCUT2D eigenvalue weighted by atomic mass is 10.1. The van der Waals surface area contributed by atoms with Gasteiger partial charge >= 0.3 is 0 Å². The average Bonchev–Trinajstić information content (AvgIpc) is 3.09. The lowest BCUT2D eigenvalue weighted by molar-refractivity contribution is -0.121. The monoisotopic (exact) mass is 404 g/mol. The summed E-state index contributed by atoms with van der Waals surface area (Å²) in [6.45, 7) is 3.86. The van der Waals surface area contributed by atoms with E-state index in [0.29, 0.717) is 5.65 Å². The van der Waals surface area contributed by atoms with Crippen molar-refractivity contribution in [2.45, 2.75) is 26.9 Å². The van der Waals surface area contributed by atoms with E-state index >= 15 is 0 Å². The first-order valence-electron chi connectivity index (χ1n) is 9.60. The molecule has 6 nitrogen and oxygen atoms in total. The van der Waals surface area contributed by atoms with Gasteiger partial charge in [-0.05, 0) is 49.2 Å². The number of rotatable bonds is 5. The molecule has 4 aromatic rings. The highest BCUT2D eigenvalue weighted by Gasteiger charge is 2.18. The smallest absolute Gasteiger partial charge is 0.252 e. The Kier molecular flexibility index (Phi) is 5.18. The highest BCUT2D eigenvalue weighted by molar-refractivity contribution is 5.85. The highest BCUT2D eigenvalue weighted by Crippen LogP contribution is 2.23. The molecule has 0 spiro atoms. The predicted molar refractivity (Wildman–Crippen MR) is 113 cm³/mol. The number of pyridine rings is 1. The molecule has 0 saturated carbocycles. The molecule has 0 fully saturated rings. The summed E-state index contributed by atoms with van der Waals surface area (Å²) >= 11 is 0. The number of halogens is 1. The zero-order valence-corrected chi connectivity index (χ0v) is 16.7. The van der Waals surface area contributed by atoms with Gasteiger partial charge in [0.2, 0.25) is 5.91 Å². The number of hydrogen-bond acceptors (Lipinski definition) is 3. The van der Waals surface area contributed by atoms with Crippen LogP contribution in [-0.4, -0.2) is 20.3 Å². The van der Waals surface area contributed by atoms with Gasteiger partial charge in [0.15, 0.2) is 0 Å². The Morgan fingerprint density at radius 2 is 1.77 bits per heavy atom. The van der Waals surface area contributed by atoms with Gasteiger partial charge in [-0.15, -0.1) is 0 Å². The van der Waals surface area contributed by atoms with Crippen LogP contribution in [0, 0.1) is 19.7 Å². The van der Waals surface area contributed by atoms with Crippen LogP contribution < -0.4 is 10.9 Å². The second-order valence-corrected chi connectivity index (χ2v) is 7.19. The van der Waals surface area contributed by atoms with Crippen LogP contribution in [-0.2, 0) is 17.9 Å². The quantitative estimate of drug-likeness (QED) is 0.555. The molecule has 2 aromatic carbocycles. The van der Waals surface area contributed by atoms with E-state index in [-0.39, 0.29) is 30.4 Å². The minimum atomic E-state index is -0.330. The van der Waals surface area contributed by atoms with Gasteiger partial charge in [-0.3, -0.25) is 14.2 Å². The Morgan fingerprint density at radius 1 is 1.07 bits per heavy atom. The van der Waals surface area contributed by atoms with Crippen LogP contribution in [0.1, 0.15) is 16.8 Å². The number of hydrogen-bond donors (Lipinski definition) is 1. The molecule has 30 heavy (non-hydrogen) atoms. The van der Waals surface area contributed by atoms with Crippen molar-refractivity contribution >= 4 is 16.9 Å². The standard InChI is InChI=1S/C23H21FN4O2/c1-15-12-21(30)27(14-20(29)25-13-17-8-10-18(24)11-9-17)23-22(15)16(2)26-28(23)19-6-4-3-5-7-19/h3-12H,13-14H2,1-2H3,(H,25,29). The Labute approximate surface area is 172 Å². The van der Waals surface area contributed by atoms with Gasteiger partial charge in [-0.2, -0.15) is 5.10 Å². The zero-order chi connectivity index (χ0) is 21.3. The molecule has 0 aliphatic heterocycles. The van der Waals surface area contributed by atoms with E-state index in [1.807, 2.05) is 44.2 Å². The lowest BCUT2D eigenvalue weighted by Gasteiger charge is -2.12. The summed E-state index contributed by atoms with van der Waals surface area (Å²) in [6.07, 6.45) is 0. The number of aryl methyl sites for hydroxylation is 2. The Balaban J connectivity index is 1.70. The molecular formula is C23H21FN4O2. The average molecular weight is 404 g/mol. The molecule has 7 heteroatoms. The molecule has 2 aromatic heterocycles. The predicted octanol–water partition coefficient (Wildman–Crippen LogP) is 3.26. The molecular weight excluding hydrogens is 383 g/mol. The lowest BCUT2D eigenvalue weighted by Crippen LogP contribution is -2.32. The number of amides is 1. The van der Waals surface area contributed by atoms with Gasteiger partial charge < -0.3 is 5.32 Å². The molecule has 0 bridgehead atoms. The number of fused-ring (bicyclic) bond motifs is 1. The molecule has 0 aliphatic rings. The maximum absolute atomic E-state index is 13.0. The van der Waals surface area contributed by atoms with Crippen LogP contribution in [0.3, 0.4) is 0 Å². The van der Waals surface area contributed by atoms with Gasteiger partial charge in [0.1, 0.15) is 18.0 Å². The number of nitrogens with one attached hydrogen (secondary N) is 1. The van der Waals surface area contributed by atoms with Crippen molar-refractivity contribution in [2.75, 3.05) is 0 Å². The summed E-state index contributed by atoms with van der Waals surface area (Å²) < 4.78 is 16.2. The molecule has 0 unspecified atom stereocenters. The zero-order valence-electron chi connectivity index (χ0n) is 16.7. The van der Waals surface area contributed by atoms with E-state index < -0.39 is 0 Å². The summed E-state index contributed by atoms with van der Waals surface area (Å²) in [6, 6.07) is 16.9. The third kappa shape index (κ3) is 3.74. The van der Waals surface area contributed by atoms with Gasteiger partial charge in [0.05, 0.1) is 11.4 Å². The normalized spacial score (nSPS) is 11.0. The Hall–Kier alpha value is -3.74. The third-order valence-corrected chi connectivity index (χ3v) is 5.00. The SMILES string of the molecule is Cc1cc(=O)n(CC(=O)NCc2ccc(F)cc2)c2c1c(C)nn2-c1ccccc1. The van der Waals surface area contributed by atoms with Crippen LogP contribution >= 0.6 is 0 Å². The number of para-hydroxylation sites is 1. The summed E-state index contributed by atoms with van der Waals surface area (Å²) in [5, 5.41) is 8.26. The van der Waals surface area contributed by atoms with Crippen molar-refractivity contribution < 1.29 is 9.18 Å². The largest absolute Gasteiger partial charge is 0.350 e. The molecule has 0 atom stereocenters. The van der Waals surface area contributed by atoms with Crippen LogP contribution in [0.2, 0.25) is 0 Å². The molecule has 152 valence electrons. The third-order valence-electron chi connectivity index (χ3n) is 5.00. The molecule has 1 amide bonds. The Morgan fingerprint density at radius 3 is 2.47 bits per heavy atom. The van der Waals surface area contributed by atoms with E-state index in [1.54, 1.807) is 16.8 Å². The number of aromatic nitrogens is 3. The van der Waals surface area contributed by atoms with E-state index in [9.17, 15) is 14.0 Å². The first-order chi connectivity index (χ1) is 14.4. The summed E-state index contributed by atoms with van der Waals surface area (Å²) in [7, 11) is 0. The molecule has 1 N–H and O–H groups in total. The van der Waals surface area contributed by atoms with Crippen molar-refractivity contribution in [1.29, 1.82) is 0 Å². The maximum Gasteiger partial charge on any atom is 0.252 e. The minimum Gasteiger partial charge on any atom is -0.350 e. The number of nitrogens with zero attached hydrogens (tertiary/aromatic N) is 3. The van der Waals surface area contributed by atoms with Crippen molar-refractivity contribution in [3.8, 4) is 5.69 Å². The van der Waals surface area contributed by atoms with E-state index in [0.717, 1.165) is 27.9 Å². The van der Waals surface area contributed by atoms with E-state index in [4.69, 9.17) is 0 Å². The first kappa shape index (κ1) is 19.6. The fourth-order valence-corrected chi connectivity index (χ4v) is 3.57. The molecule has 2 heterocycles. The number of benzene rings is 2. The molecule has 4 rings (SSSR count). The number of carbonyl (C=O) groups excluding carboxylic acids is 1. The van der Waals surface area contributed by atoms with Crippen LogP contribution in [0.25, 0.3) is 16.7 Å². The minimum absolute atomic E-state index is 0.144. The first-order valence-corrected chi connectivity index (χ1v) is 9.60. The molecule has 0 radical (unpaired) electrons. The van der Waals surface area contributed by atoms with Gasteiger partial charge in [-0.1, -0.05) is 30.3 Å². The van der Waals surface area contributed by atoms with Crippen molar-refractivity contribution in [3.05, 3.63) is 93.7 Å². The maximum atomic E-state index is 13.0. The van der Waals surface area contributed by atoms with E-state index in [2.05, 4.69) is 10.4 Å². The summed E-state index contributed by atoms with van der Waals surface area (Å²) in [4.78, 5) is 25.4. The van der Waals surface area contributed by atoms with Crippen molar-refractivity contribution in [3.63, 3.8) is 0 Å². The van der Waals surface area contributed by atoms with Gasteiger partial charge in [0, 0.05) is 18.0 Å². The highest BCUT2D eigenvalue weighted by atomic mass is 19.1. The van der Waals surface area contributed by atoms with Crippen LogP contribution in [0.4, 0.5) is 4.39 Å². The summed E-state index contributed by atoms with van der Waals surface area (Å²) in [5.41, 5.74) is 3.50. The second kappa shape index (κ2) is 7.94. The van der Waals surface area contributed by atoms with Gasteiger partial charge in [-0.25, -0.2) is 9.07 Å². The number of carbonyl (C=O) groups is 1. The van der Waals surface area contributed by atoms with Gasteiger partial charge in [0.25, 0.3) is 5.56 Å². The van der Waals surface area contributed by atoms with Crippen LogP contribution in [0.5, 0.6) is 0 Å². The molecule has 0 aliphatic carbocycles. The van der Waals surface area contributed by atoms with Crippen LogP contribution in [0.15, 0.2) is 65.5 Å². The van der Waals surface area contributed by atoms with E-state index in [1.165, 1.54) is 22.8 Å².